The van der Waals surface area contributed by atoms with Gasteiger partial charge in [0.15, 0.2) is 0 Å². The molecule has 1 aliphatic carbocycles. The van der Waals surface area contributed by atoms with Crippen molar-refractivity contribution in [3.05, 3.63) is 35.4 Å². The Hall–Kier alpha value is -1.33. The lowest BCUT2D eigenvalue weighted by atomic mass is 9.58. The van der Waals surface area contributed by atoms with Gasteiger partial charge in [-0.2, -0.15) is 5.26 Å². The minimum absolute atomic E-state index is 0.0614. The number of aliphatic hydroxyl groups is 1. The first-order chi connectivity index (χ1) is 7.05. The highest BCUT2D eigenvalue weighted by Crippen LogP contribution is 2.52. The van der Waals surface area contributed by atoms with Crippen LogP contribution in [0.15, 0.2) is 24.3 Å². The summed E-state index contributed by atoms with van der Waals surface area (Å²) in [5.41, 5.74) is 1.81. The average Bonchev–Trinajstić information content (AvgIpc) is 2.25. The quantitative estimate of drug-likeness (QED) is 0.758. The zero-order valence-corrected chi connectivity index (χ0v) is 9.07. The SMILES string of the molecule is CC1(C)C(O)CC1c1cccc(C#N)c1. The largest absolute Gasteiger partial charge is 0.393 e. The minimum Gasteiger partial charge on any atom is -0.393 e. The molecule has 78 valence electrons. The molecule has 0 saturated heterocycles. The van der Waals surface area contributed by atoms with E-state index in [0.29, 0.717) is 11.5 Å². The summed E-state index contributed by atoms with van der Waals surface area (Å²) in [5.74, 6) is 0.376. The first-order valence-electron chi connectivity index (χ1n) is 5.24. The number of rotatable bonds is 1. The molecule has 0 aliphatic heterocycles. The second-order valence-electron chi connectivity index (χ2n) is 4.86. The van der Waals surface area contributed by atoms with Gasteiger partial charge in [-0.3, -0.25) is 0 Å². The molecular weight excluding hydrogens is 186 g/mol. The summed E-state index contributed by atoms with van der Waals surface area (Å²) in [6.45, 7) is 4.15. The van der Waals surface area contributed by atoms with E-state index in [1.165, 1.54) is 5.56 Å². The Morgan fingerprint density at radius 1 is 1.47 bits per heavy atom. The standard InChI is InChI=1S/C13H15NO/c1-13(2)11(7-12(13)15)10-5-3-4-9(6-10)8-14/h3-6,11-12,15H,7H2,1-2H3. The fourth-order valence-corrected chi connectivity index (χ4v) is 2.29. The molecule has 1 fully saturated rings. The van der Waals surface area contributed by atoms with E-state index in [0.717, 1.165) is 6.42 Å². The van der Waals surface area contributed by atoms with Gasteiger partial charge in [-0.1, -0.05) is 26.0 Å². The van der Waals surface area contributed by atoms with Crippen LogP contribution in [0.25, 0.3) is 0 Å². The van der Waals surface area contributed by atoms with E-state index in [2.05, 4.69) is 19.9 Å². The number of hydrogen-bond acceptors (Lipinski definition) is 2. The fourth-order valence-electron chi connectivity index (χ4n) is 2.29. The summed E-state index contributed by atoms with van der Waals surface area (Å²) in [4.78, 5) is 0. The van der Waals surface area contributed by atoms with Gasteiger partial charge in [0.2, 0.25) is 0 Å². The van der Waals surface area contributed by atoms with Gasteiger partial charge in [-0.05, 0) is 35.4 Å². The summed E-state index contributed by atoms with van der Waals surface area (Å²) in [6, 6.07) is 9.84. The van der Waals surface area contributed by atoms with E-state index in [-0.39, 0.29) is 11.5 Å². The fraction of sp³-hybridized carbons (Fsp3) is 0.462. The van der Waals surface area contributed by atoms with E-state index in [1.54, 1.807) is 0 Å². The number of aliphatic hydroxyl groups excluding tert-OH is 1. The minimum atomic E-state index is -0.215. The van der Waals surface area contributed by atoms with Crippen LogP contribution in [0.4, 0.5) is 0 Å². The molecule has 15 heavy (non-hydrogen) atoms. The zero-order valence-electron chi connectivity index (χ0n) is 9.07. The number of nitriles is 1. The van der Waals surface area contributed by atoms with Gasteiger partial charge in [0.05, 0.1) is 17.7 Å². The molecule has 0 bridgehead atoms. The van der Waals surface area contributed by atoms with Crippen LogP contribution in [0.5, 0.6) is 0 Å². The van der Waals surface area contributed by atoms with Crippen molar-refractivity contribution in [3.8, 4) is 6.07 Å². The van der Waals surface area contributed by atoms with Crippen molar-refractivity contribution in [1.29, 1.82) is 5.26 Å². The molecule has 0 amide bonds. The van der Waals surface area contributed by atoms with Crippen molar-refractivity contribution in [2.24, 2.45) is 5.41 Å². The Morgan fingerprint density at radius 2 is 2.20 bits per heavy atom. The monoisotopic (exact) mass is 201 g/mol. The normalized spacial score (nSPS) is 27.9. The van der Waals surface area contributed by atoms with Crippen LogP contribution in [-0.2, 0) is 0 Å². The van der Waals surface area contributed by atoms with Crippen LogP contribution >= 0.6 is 0 Å². The maximum Gasteiger partial charge on any atom is 0.0991 e. The van der Waals surface area contributed by atoms with E-state index in [9.17, 15) is 5.11 Å². The molecule has 2 rings (SSSR count). The summed E-state index contributed by atoms with van der Waals surface area (Å²) < 4.78 is 0. The van der Waals surface area contributed by atoms with Gasteiger partial charge in [-0.25, -0.2) is 0 Å². The van der Waals surface area contributed by atoms with Crippen molar-refractivity contribution >= 4 is 0 Å². The molecule has 2 unspecified atom stereocenters. The first kappa shape index (κ1) is 10.2. The lowest BCUT2D eigenvalue weighted by molar-refractivity contribution is -0.0625. The summed E-state index contributed by atoms with van der Waals surface area (Å²) in [5, 5.41) is 18.5. The van der Waals surface area contributed by atoms with Crippen molar-refractivity contribution in [2.75, 3.05) is 0 Å². The van der Waals surface area contributed by atoms with Crippen LogP contribution in [-0.4, -0.2) is 11.2 Å². The van der Waals surface area contributed by atoms with Gasteiger partial charge in [0, 0.05) is 0 Å². The van der Waals surface area contributed by atoms with Crippen molar-refractivity contribution in [2.45, 2.75) is 32.3 Å². The third kappa shape index (κ3) is 1.53. The summed E-state index contributed by atoms with van der Waals surface area (Å²) in [7, 11) is 0. The molecule has 1 aromatic rings. The van der Waals surface area contributed by atoms with Crippen LogP contribution in [0.1, 0.15) is 37.3 Å². The van der Waals surface area contributed by atoms with Crippen molar-refractivity contribution in [3.63, 3.8) is 0 Å². The number of nitrogens with zero attached hydrogens (tertiary/aromatic N) is 1. The summed E-state index contributed by atoms with van der Waals surface area (Å²) in [6.07, 6.45) is 0.593. The highest BCUT2D eigenvalue weighted by Gasteiger charge is 2.47. The van der Waals surface area contributed by atoms with Gasteiger partial charge in [-0.15, -0.1) is 0 Å². The van der Waals surface area contributed by atoms with Crippen molar-refractivity contribution in [1.82, 2.24) is 0 Å². The molecule has 0 radical (unpaired) electrons. The molecule has 1 aliphatic rings. The topological polar surface area (TPSA) is 44.0 Å². The predicted molar refractivity (Wildman–Crippen MR) is 58.3 cm³/mol. The number of hydrogen-bond donors (Lipinski definition) is 1. The third-order valence-corrected chi connectivity index (χ3v) is 3.63. The molecule has 0 aromatic heterocycles. The molecule has 2 nitrogen and oxygen atoms in total. The Morgan fingerprint density at radius 3 is 2.73 bits per heavy atom. The zero-order chi connectivity index (χ0) is 11.1. The van der Waals surface area contributed by atoms with Gasteiger partial charge in [0.25, 0.3) is 0 Å². The number of benzene rings is 1. The van der Waals surface area contributed by atoms with E-state index in [4.69, 9.17) is 5.26 Å². The smallest absolute Gasteiger partial charge is 0.0991 e. The van der Waals surface area contributed by atoms with Gasteiger partial charge >= 0.3 is 0 Å². The molecular formula is C13H15NO. The molecule has 2 atom stereocenters. The van der Waals surface area contributed by atoms with E-state index in [1.807, 2.05) is 24.3 Å². The van der Waals surface area contributed by atoms with E-state index < -0.39 is 0 Å². The van der Waals surface area contributed by atoms with Gasteiger partial charge < -0.3 is 5.11 Å². The first-order valence-corrected chi connectivity index (χ1v) is 5.24. The van der Waals surface area contributed by atoms with Crippen LogP contribution in [0.2, 0.25) is 0 Å². The molecule has 2 heteroatoms. The maximum atomic E-state index is 9.67. The van der Waals surface area contributed by atoms with E-state index >= 15 is 0 Å². The van der Waals surface area contributed by atoms with Crippen molar-refractivity contribution < 1.29 is 5.11 Å². The lowest BCUT2D eigenvalue weighted by Crippen LogP contribution is -2.47. The lowest BCUT2D eigenvalue weighted by Gasteiger charge is -2.49. The molecule has 0 heterocycles. The summed E-state index contributed by atoms with van der Waals surface area (Å²) >= 11 is 0. The highest BCUT2D eigenvalue weighted by atomic mass is 16.3. The second-order valence-corrected chi connectivity index (χ2v) is 4.86. The van der Waals surface area contributed by atoms with Gasteiger partial charge in [0.1, 0.15) is 0 Å². The van der Waals surface area contributed by atoms with Crippen LogP contribution in [0, 0.1) is 16.7 Å². The third-order valence-electron chi connectivity index (χ3n) is 3.63. The Labute approximate surface area is 90.2 Å². The molecule has 0 spiro atoms. The highest BCUT2D eigenvalue weighted by molar-refractivity contribution is 5.36. The average molecular weight is 201 g/mol. The second kappa shape index (κ2) is 3.36. The predicted octanol–water partition coefficient (Wildman–Crippen LogP) is 2.43. The Balaban J connectivity index is 2.29. The Bertz CT molecular complexity index is 417. The molecule has 1 aromatic carbocycles. The maximum absolute atomic E-state index is 9.67. The Kier molecular flexibility index (Phi) is 2.28. The molecule has 1 saturated carbocycles. The van der Waals surface area contributed by atoms with Crippen LogP contribution in [0.3, 0.4) is 0 Å². The molecule has 1 N–H and O–H groups in total. The van der Waals surface area contributed by atoms with Crippen LogP contribution < -0.4 is 0 Å².